The number of rotatable bonds is 0. The van der Waals surface area contributed by atoms with Gasteiger partial charge < -0.3 is 44.5 Å². The lowest BCUT2D eigenvalue weighted by Crippen LogP contribution is -2.67. The van der Waals surface area contributed by atoms with Crippen molar-refractivity contribution >= 4 is 5.78 Å². The number of carbonyl (C=O) groups is 1. The van der Waals surface area contributed by atoms with Gasteiger partial charge in [-0.2, -0.15) is 0 Å². The zero-order chi connectivity index (χ0) is 46.5. The Balaban J connectivity index is 0.764. The molecule has 4 aliphatic heterocycles. The lowest BCUT2D eigenvalue weighted by atomic mass is 9.42. The molecule has 12 aliphatic rings. The maximum Gasteiger partial charge on any atom is 0.174 e. The number of ether oxygens (including phenoxy) is 4. The van der Waals surface area contributed by atoms with Crippen molar-refractivity contribution in [1.29, 1.82) is 0 Å². The van der Waals surface area contributed by atoms with Gasteiger partial charge >= 0.3 is 0 Å². The molecule has 10 fully saturated rings. The first-order valence-electron chi connectivity index (χ1n) is 26.4. The van der Waals surface area contributed by atoms with Gasteiger partial charge in [0.1, 0.15) is 11.4 Å². The largest absolute Gasteiger partial charge is 0.393 e. The summed E-state index contributed by atoms with van der Waals surface area (Å²) in [7, 11) is 0. The highest BCUT2D eigenvalue weighted by molar-refractivity contribution is 5.90. The molecule has 6 saturated carbocycles. The van der Waals surface area contributed by atoms with E-state index in [4.69, 9.17) is 28.9 Å². The minimum Gasteiger partial charge on any atom is -0.393 e. The molecule has 12 nitrogen and oxygen atoms in total. The topological polar surface area (TPSA) is 181 Å². The standard InChI is InChI=1S/C54H78N2O10/c1-26-44-39(64-52(26)14-12-45(3,4)66-52)24-51(50(44,9)61)30-11-10-28-16-34-36(22-47(28,6)31(30)19-41(51)59)56-35-17-29-18-38(57)43-32(48(29,7)23-37(35)55-34)20-40(58)49(8)33(43)21-42-54(49,62)27(2)53(65-42)15-13-46(5,60)25-63-53/h26-33,38-40,42-44,57-58,60-62H,10-25H2,1-9H3/t26-,27+,28-,29+,30+,31-,32-,33?,38-,39-,40+,42-,43+,44-,46-,47-,48-,49+,50-,51-,52+,53+,54+/m0/s1. The zero-order valence-electron chi connectivity index (χ0n) is 41.1. The molecule has 1 aromatic heterocycles. The number of Topliss-reactive ketones (excluding diaryl/α,β-unsaturated/α-hetero) is 1. The van der Waals surface area contributed by atoms with Crippen molar-refractivity contribution in [2.75, 3.05) is 6.61 Å². The van der Waals surface area contributed by atoms with E-state index in [1.54, 1.807) is 6.92 Å². The smallest absolute Gasteiger partial charge is 0.174 e. The average Bonchev–Trinajstić information content (AvgIpc) is 3.99. The maximum atomic E-state index is 14.8. The first-order valence-corrected chi connectivity index (χ1v) is 26.4. The molecular weight excluding hydrogens is 837 g/mol. The van der Waals surface area contributed by atoms with E-state index >= 15 is 0 Å². The Morgan fingerprint density at radius 2 is 1.35 bits per heavy atom. The van der Waals surface area contributed by atoms with E-state index in [-0.39, 0.29) is 82.3 Å². The molecule has 23 atom stereocenters. The van der Waals surface area contributed by atoms with Gasteiger partial charge in [-0.1, -0.05) is 34.6 Å². The predicted octanol–water partition coefficient (Wildman–Crippen LogP) is 5.81. The summed E-state index contributed by atoms with van der Waals surface area (Å²) in [5.41, 5.74) is -1.55. The second-order valence-corrected chi connectivity index (χ2v) is 27.2. The van der Waals surface area contributed by atoms with Gasteiger partial charge in [-0.15, -0.1) is 0 Å². The van der Waals surface area contributed by atoms with Gasteiger partial charge in [-0.05, 0) is 157 Å². The number of hydrogen-bond acceptors (Lipinski definition) is 12. The second kappa shape index (κ2) is 13.1. The number of aromatic nitrogens is 2. The minimum atomic E-state index is -1.35. The summed E-state index contributed by atoms with van der Waals surface area (Å²) in [6.07, 6.45) is 8.40. The maximum absolute atomic E-state index is 14.8. The van der Waals surface area contributed by atoms with Crippen LogP contribution in [0.15, 0.2) is 0 Å². The van der Waals surface area contributed by atoms with E-state index < -0.39 is 63.4 Å². The Labute approximate surface area is 391 Å². The molecule has 0 aromatic carbocycles. The minimum absolute atomic E-state index is 0.0130. The quantitative estimate of drug-likeness (QED) is 0.211. The van der Waals surface area contributed by atoms with E-state index in [9.17, 15) is 30.3 Å². The van der Waals surface area contributed by atoms with E-state index in [1.165, 1.54) is 0 Å². The Morgan fingerprint density at radius 3 is 1.98 bits per heavy atom. The summed E-state index contributed by atoms with van der Waals surface area (Å²) in [4.78, 5) is 25.9. The first-order chi connectivity index (χ1) is 30.8. The summed E-state index contributed by atoms with van der Waals surface area (Å²) in [6.45, 7) is 19.2. The van der Waals surface area contributed by atoms with Crippen LogP contribution in [0.3, 0.4) is 0 Å². The molecule has 1 unspecified atom stereocenters. The number of ketones is 1. The Morgan fingerprint density at radius 1 is 0.682 bits per heavy atom. The Kier molecular flexibility index (Phi) is 8.78. The van der Waals surface area contributed by atoms with Crippen molar-refractivity contribution in [3.05, 3.63) is 22.8 Å². The molecule has 0 bridgehead atoms. The number of hydrogen-bond donors (Lipinski definition) is 5. The average molecular weight is 915 g/mol. The summed E-state index contributed by atoms with van der Waals surface area (Å²) in [6, 6.07) is 0. The number of aliphatic hydroxyl groups is 5. The van der Waals surface area contributed by atoms with Crippen LogP contribution in [0.25, 0.3) is 0 Å². The van der Waals surface area contributed by atoms with Crippen LogP contribution in [-0.4, -0.2) is 106 Å². The van der Waals surface area contributed by atoms with Crippen LogP contribution in [0.4, 0.5) is 0 Å². The lowest BCUT2D eigenvalue weighted by Gasteiger charge is -2.64. The zero-order valence-corrected chi connectivity index (χ0v) is 41.1. The molecule has 5 N–H and O–H groups in total. The summed E-state index contributed by atoms with van der Waals surface area (Å²) in [5.74, 6) is -1.49. The molecule has 0 amide bonds. The molecule has 4 saturated heterocycles. The predicted molar refractivity (Wildman–Crippen MR) is 240 cm³/mol. The fraction of sp³-hybridized carbons (Fsp3) is 0.907. The molecule has 8 aliphatic carbocycles. The molecular formula is C54H78N2O10. The van der Waals surface area contributed by atoms with Crippen LogP contribution in [0.5, 0.6) is 0 Å². The van der Waals surface area contributed by atoms with Crippen LogP contribution in [-0.2, 0) is 49.4 Å². The number of fused-ring (bicyclic) bond motifs is 14. The van der Waals surface area contributed by atoms with E-state index in [0.29, 0.717) is 50.9 Å². The van der Waals surface area contributed by atoms with Crippen molar-refractivity contribution < 1.29 is 49.3 Å². The third-order valence-electron chi connectivity index (χ3n) is 24.1. The molecule has 1 aromatic rings. The van der Waals surface area contributed by atoms with Crippen LogP contribution >= 0.6 is 0 Å². The Hall–Kier alpha value is -1.61. The van der Waals surface area contributed by atoms with Gasteiger partial charge in [0, 0.05) is 42.4 Å². The van der Waals surface area contributed by atoms with Gasteiger partial charge in [-0.3, -0.25) is 14.8 Å². The van der Waals surface area contributed by atoms with Crippen molar-refractivity contribution in [3.63, 3.8) is 0 Å². The molecule has 12 heteroatoms. The fourth-order valence-electron chi connectivity index (χ4n) is 20.5. The molecule has 3 spiro atoms. The normalized spacial score (nSPS) is 60.4. The second-order valence-electron chi connectivity index (χ2n) is 27.2. The summed E-state index contributed by atoms with van der Waals surface area (Å²) >= 11 is 0. The van der Waals surface area contributed by atoms with E-state index in [0.717, 1.165) is 74.1 Å². The highest BCUT2D eigenvalue weighted by Crippen LogP contribution is 2.75. The molecule has 5 heterocycles. The SMILES string of the molecule is C[C@@H]1[C@@]2(CC[C@](C)(O)CO2)O[C@H]2CC3[C@@H]4[C@@H](O)C[C@H]5Cc6nc7c(nc6C[C@]5(C)[C@H]4C[C@@H](O)[C@]3(C)[C@]21O)C[C@@H]1CC[C@@H]2[C@H](CC(=O)[C@]23C[C@@H]2O[C@@]4(CCC(C)(C)O4)[C@@H](C)[C@@H]2[C@]3(C)O)[C@@]1(C)C7. The molecule has 13 rings (SSSR count). The van der Waals surface area contributed by atoms with Gasteiger partial charge in [0.2, 0.25) is 0 Å². The van der Waals surface area contributed by atoms with E-state index in [1.807, 2.05) is 20.8 Å². The lowest BCUT2D eigenvalue weighted by molar-refractivity contribution is -0.298. The van der Waals surface area contributed by atoms with Crippen molar-refractivity contribution in [1.82, 2.24) is 9.97 Å². The first kappa shape index (κ1) is 44.3. The third-order valence-corrected chi connectivity index (χ3v) is 24.1. The number of carbonyl (C=O) groups excluding carboxylic acids is 1. The highest BCUT2D eigenvalue weighted by Gasteiger charge is 2.81. The number of aliphatic hydroxyl groups excluding tert-OH is 2. The van der Waals surface area contributed by atoms with Crippen LogP contribution in [0, 0.1) is 80.8 Å². The Bertz CT molecular complexity index is 2270. The monoisotopic (exact) mass is 915 g/mol. The van der Waals surface area contributed by atoms with Crippen LogP contribution in [0.1, 0.15) is 156 Å². The molecule has 66 heavy (non-hydrogen) atoms. The molecule has 364 valence electrons. The van der Waals surface area contributed by atoms with Gasteiger partial charge in [0.15, 0.2) is 11.6 Å². The van der Waals surface area contributed by atoms with E-state index in [2.05, 4.69) is 34.6 Å². The van der Waals surface area contributed by atoms with Gasteiger partial charge in [-0.25, -0.2) is 0 Å². The highest BCUT2D eigenvalue weighted by atomic mass is 16.7. The molecule has 0 radical (unpaired) electrons. The summed E-state index contributed by atoms with van der Waals surface area (Å²) < 4.78 is 26.7. The summed E-state index contributed by atoms with van der Waals surface area (Å²) in [5, 5.41) is 61.4. The van der Waals surface area contributed by atoms with Crippen molar-refractivity contribution in [2.45, 2.75) is 217 Å². The third kappa shape index (κ3) is 5.07. The van der Waals surface area contributed by atoms with Gasteiger partial charge in [0.25, 0.3) is 0 Å². The van der Waals surface area contributed by atoms with Gasteiger partial charge in [0.05, 0.1) is 76.0 Å². The fourth-order valence-corrected chi connectivity index (χ4v) is 20.5. The number of nitrogens with zero attached hydrogens (tertiary/aromatic N) is 2. The van der Waals surface area contributed by atoms with Crippen LogP contribution < -0.4 is 0 Å². The van der Waals surface area contributed by atoms with Crippen LogP contribution in [0.2, 0.25) is 0 Å². The van der Waals surface area contributed by atoms with Crippen molar-refractivity contribution in [3.8, 4) is 0 Å². The van der Waals surface area contributed by atoms with Crippen molar-refractivity contribution in [2.24, 2.45) is 80.8 Å².